The summed E-state index contributed by atoms with van der Waals surface area (Å²) in [5.74, 6) is -0.198. The van der Waals surface area contributed by atoms with Gasteiger partial charge in [-0.2, -0.15) is 0 Å². The van der Waals surface area contributed by atoms with Gasteiger partial charge >= 0.3 is 5.69 Å². The maximum absolute atomic E-state index is 12.9. The normalized spacial score (nSPS) is 14.9. The monoisotopic (exact) mass is 407 g/mol. The summed E-state index contributed by atoms with van der Waals surface area (Å²) in [7, 11) is 0. The van der Waals surface area contributed by atoms with Gasteiger partial charge in [-0.05, 0) is 37.7 Å². The van der Waals surface area contributed by atoms with Crippen molar-refractivity contribution in [2.24, 2.45) is 0 Å². The summed E-state index contributed by atoms with van der Waals surface area (Å²) in [6.07, 6.45) is 0. The number of fused-ring (bicyclic) bond motifs is 1. The summed E-state index contributed by atoms with van der Waals surface area (Å²) in [5.41, 5.74) is 3.30. The molecule has 0 spiro atoms. The molecule has 1 aromatic heterocycles. The number of piperazine rings is 1. The van der Waals surface area contributed by atoms with Gasteiger partial charge in [0.1, 0.15) is 6.54 Å². The Bertz CT molecular complexity index is 1090. The summed E-state index contributed by atoms with van der Waals surface area (Å²) < 4.78 is 3.25. The lowest BCUT2D eigenvalue weighted by molar-refractivity contribution is -0.116. The zero-order chi connectivity index (χ0) is 21.1. The van der Waals surface area contributed by atoms with Gasteiger partial charge in [-0.1, -0.05) is 31.2 Å². The summed E-state index contributed by atoms with van der Waals surface area (Å²) in [6.45, 7) is 9.65. The molecule has 1 saturated heterocycles. The second-order valence-corrected chi connectivity index (χ2v) is 7.59. The number of aryl methyl sites for hydroxylation is 1. The largest absolute Gasteiger partial charge is 0.367 e. The second kappa shape index (κ2) is 8.75. The Hall–Kier alpha value is -3.06. The summed E-state index contributed by atoms with van der Waals surface area (Å²) in [5, 5.41) is 3.04. The third kappa shape index (κ3) is 3.85. The molecule has 2 heterocycles. The molecule has 7 heteroatoms. The lowest BCUT2D eigenvalue weighted by atomic mass is 10.2. The molecule has 0 bridgehead atoms. The van der Waals surface area contributed by atoms with Crippen molar-refractivity contribution < 1.29 is 4.79 Å². The number of carbonyl (C=O) groups excluding carboxylic acids is 1. The molecular formula is C23H29N5O2. The third-order valence-electron chi connectivity index (χ3n) is 5.88. The molecule has 1 fully saturated rings. The number of aromatic nitrogens is 2. The minimum absolute atomic E-state index is 0.00963. The van der Waals surface area contributed by atoms with Gasteiger partial charge in [-0.25, -0.2) is 4.79 Å². The number of amides is 1. The Balaban J connectivity index is 1.54. The summed E-state index contributed by atoms with van der Waals surface area (Å²) >= 11 is 0. The van der Waals surface area contributed by atoms with E-state index in [1.165, 1.54) is 0 Å². The van der Waals surface area contributed by atoms with Gasteiger partial charge in [0, 0.05) is 32.7 Å². The Morgan fingerprint density at radius 2 is 1.50 bits per heavy atom. The van der Waals surface area contributed by atoms with Crippen molar-refractivity contribution in [1.82, 2.24) is 14.0 Å². The first-order valence-corrected chi connectivity index (χ1v) is 10.7. The molecule has 4 rings (SSSR count). The van der Waals surface area contributed by atoms with Gasteiger partial charge in [0.15, 0.2) is 0 Å². The molecule has 30 heavy (non-hydrogen) atoms. The fourth-order valence-corrected chi connectivity index (χ4v) is 4.22. The van der Waals surface area contributed by atoms with Crippen molar-refractivity contribution in [1.29, 1.82) is 0 Å². The quantitative estimate of drug-likeness (QED) is 0.682. The fraction of sp³-hybridized carbons (Fsp3) is 0.391. The highest BCUT2D eigenvalue weighted by Gasteiger charge is 2.20. The van der Waals surface area contributed by atoms with E-state index in [4.69, 9.17) is 0 Å². The van der Waals surface area contributed by atoms with E-state index in [2.05, 4.69) is 22.0 Å². The predicted octanol–water partition coefficient (Wildman–Crippen LogP) is 2.60. The number of nitrogens with one attached hydrogen (secondary N) is 1. The van der Waals surface area contributed by atoms with E-state index in [-0.39, 0.29) is 18.1 Å². The van der Waals surface area contributed by atoms with E-state index < -0.39 is 0 Å². The molecule has 1 amide bonds. The van der Waals surface area contributed by atoms with E-state index in [0.717, 1.165) is 55.1 Å². The van der Waals surface area contributed by atoms with Crippen molar-refractivity contribution >= 4 is 28.3 Å². The molecule has 1 aliphatic rings. The first-order valence-electron chi connectivity index (χ1n) is 10.7. The predicted molar refractivity (Wildman–Crippen MR) is 121 cm³/mol. The molecule has 7 nitrogen and oxygen atoms in total. The molecule has 2 aromatic carbocycles. The number of nitrogens with zero attached hydrogens (tertiary/aromatic N) is 4. The van der Waals surface area contributed by atoms with E-state index >= 15 is 0 Å². The lowest BCUT2D eigenvalue weighted by Gasteiger charge is -2.36. The number of hydrogen-bond donors (Lipinski definition) is 1. The SMILES string of the molecule is CCN1CCN(c2ccccc2NC(=O)Cn2c(=O)n(CC)c3ccccc32)CC1. The molecule has 1 aliphatic heterocycles. The van der Waals surface area contributed by atoms with Gasteiger partial charge in [-0.15, -0.1) is 0 Å². The zero-order valence-corrected chi connectivity index (χ0v) is 17.7. The number of benzene rings is 2. The molecule has 0 saturated carbocycles. The Labute approximate surface area is 176 Å². The average Bonchev–Trinajstić information content (AvgIpc) is 3.05. The maximum atomic E-state index is 12.9. The molecule has 0 aliphatic carbocycles. The van der Waals surface area contributed by atoms with Crippen molar-refractivity contribution in [3.8, 4) is 0 Å². The number of para-hydroxylation sites is 4. The van der Waals surface area contributed by atoms with Gasteiger partial charge < -0.3 is 15.1 Å². The minimum Gasteiger partial charge on any atom is -0.367 e. The summed E-state index contributed by atoms with van der Waals surface area (Å²) in [6, 6.07) is 15.5. The Morgan fingerprint density at radius 1 is 0.867 bits per heavy atom. The molecule has 158 valence electrons. The number of hydrogen-bond acceptors (Lipinski definition) is 4. The van der Waals surface area contributed by atoms with Crippen molar-refractivity contribution in [2.75, 3.05) is 42.9 Å². The van der Waals surface area contributed by atoms with Crippen LogP contribution in [-0.4, -0.2) is 52.7 Å². The van der Waals surface area contributed by atoms with Crippen LogP contribution in [-0.2, 0) is 17.9 Å². The molecule has 0 atom stereocenters. The number of rotatable bonds is 6. The number of carbonyl (C=O) groups is 1. The second-order valence-electron chi connectivity index (χ2n) is 7.59. The molecule has 0 unspecified atom stereocenters. The van der Waals surface area contributed by atoms with Gasteiger partial charge in [0.05, 0.1) is 22.4 Å². The number of likely N-dealkylation sites (N-methyl/N-ethyl adjacent to an activating group) is 1. The van der Waals surface area contributed by atoms with Crippen LogP contribution in [0.15, 0.2) is 53.3 Å². The first kappa shape index (κ1) is 20.2. The standard InChI is InChI=1S/C23H29N5O2/c1-3-25-13-15-26(16-14-25)19-10-6-5-9-18(19)24-22(29)17-28-21-12-8-7-11-20(21)27(4-2)23(28)30/h5-12H,3-4,13-17H2,1-2H3,(H,24,29). The van der Waals surface area contributed by atoms with Gasteiger partial charge in [-0.3, -0.25) is 13.9 Å². The van der Waals surface area contributed by atoms with E-state index in [0.29, 0.717) is 6.54 Å². The highest BCUT2D eigenvalue weighted by atomic mass is 16.2. The van der Waals surface area contributed by atoms with Crippen LogP contribution in [0, 0.1) is 0 Å². The fourth-order valence-electron chi connectivity index (χ4n) is 4.22. The average molecular weight is 408 g/mol. The van der Waals surface area contributed by atoms with Crippen LogP contribution in [0.5, 0.6) is 0 Å². The molecule has 0 radical (unpaired) electrons. The molecule has 1 N–H and O–H groups in total. The van der Waals surface area contributed by atoms with E-state index in [1.807, 2.05) is 55.5 Å². The minimum atomic E-state index is -0.198. The van der Waals surface area contributed by atoms with E-state index in [9.17, 15) is 9.59 Å². The van der Waals surface area contributed by atoms with Crippen molar-refractivity contribution in [2.45, 2.75) is 26.9 Å². The van der Waals surface area contributed by atoms with Crippen LogP contribution in [0.1, 0.15) is 13.8 Å². The van der Waals surface area contributed by atoms with Crippen LogP contribution in [0.3, 0.4) is 0 Å². The zero-order valence-electron chi connectivity index (χ0n) is 17.7. The highest BCUT2D eigenvalue weighted by Crippen LogP contribution is 2.26. The lowest BCUT2D eigenvalue weighted by Crippen LogP contribution is -2.46. The molecular weight excluding hydrogens is 378 g/mol. The van der Waals surface area contributed by atoms with E-state index in [1.54, 1.807) is 9.13 Å². The Kier molecular flexibility index (Phi) is 5.90. The van der Waals surface area contributed by atoms with Gasteiger partial charge in [0.2, 0.25) is 5.91 Å². The van der Waals surface area contributed by atoms with Crippen LogP contribution in [0.2, 0.25) is 0 Å². The first-order chi connectivity index (χ1) is 14.6. The van der Waals surface area contributed by atoms with Crippen molar-refractivity contribution in [3.05, 3.63) is 59.0 Å². The van der Waals surface area contributed by atoms with Crippen LogP contribution in [0.25, 0.3) is 11.0 Å². The topological polar surface area (TPSA) is 62.5 Å². The number of imidazole rings is 1. The van der Waals surface area contributed by atoms with Crippen LogP contribution in [0.4, 0.5) is 11.4 Å². The highest BCUT2D eigenvalue weighted by molar-refractivity contribution is 5.95. The smallest absolute Gasteiger partial charge is 0.329 e. The summed E-state index contributed by atoms with van der Waals surface area (Å²) in [4.78, 5) is 30.5. The van der Waals surface area contributed by atoms with Gasteiger partial charge in [0.25, 0.3) is 0 Å². The maximum Gasteiger partial charge on any atom is 0.329 e. The number of anilines is 2. The third-order valence-corrected chi connectivity index (χ3v) is 5.88. The Morgan fingerprint density at radius 3 is 2.17 bits per heavy atom. The van der Waals surface area contributed by atoms with Crippen LogP contribution >= 0.6 is 0 Å². The molecule has 3 aromatic rings. The van der Waals surface area contributed by atoms with Crippen molar-refractivity contribution in [3.63, 3.8) is 0 Å². The van der Waals surface area contributed by atoms with Crippen LogP contribution < -0.4 is 15.9 Å².